The van der Waals surface area contributed by atoms with Crippen LogP contribution in [0.15, 0.2) is 18.3 Å². The SMILES string of the molecule is CCCCCOC(=O)CNC(=O)c1ncccc1OC. The zero-order valence-electron chi connectivity index (χ0n) is 11.8. The van der Waals surface area contributed by atoms with E-state index in [4.69, 9.17) is 9.47 Å². The average molecular weight is 280 g/mol. The largest absolute Gasteiger partial charge is 0.494 e. The van der Waals surface area contributed by atoms with Crippen molar-refractivity contribution < 1.29 is 19.1 Å². The first kappa shape index (κ1) is 15.9. The summed E-state index contributed by atoms with van der Waals surface area (Å²) in [5.74, 6) is -0.557. The van der Waals surface area contributed by atoms with Crippen LogP contribution in [0, 0.1) is 0 Å². The van der Waals surface area contributed by atoms with Crippen LogP contribution in [-0.4, -0.2) is 37.1 Å². The summed E-state index contributed by atoms with van der Waals surface area (Å²) in [6.07, 6.45) is 4.41. The van der Waals surface area contributed by atoms with E-state index in [1.54, 1.807) is 12.1 Å². The molecule has 0 spiro atoms. The molecule has 6 heteroatoms. The number of methoxy groups -OCH3 is 1. The highest BCUT2D eigenvalue weighted by atomic mass is 16.5. The molecule has 110 valence electrons. The van der Waals surface area contributed by atoms with E-state index < -0.39 is 11.9 Å². The number of rotatable bonds is 8. The van der Waals surface area contributed by atoms with Crippen LogP contribution < -0.4 is 10.1 Å². The van der Waals surface area contributed by atoms with E-state index in [-0.39, 0.29) is 12.2 Å². The third kappa shape index (κ3) is 5.26. The molecule has 1 amide bonds. The van der Waals surface area contributed by atoms with Crippen molar-refractivity contribution in [3.8, 4) is 5.75 Å². The van der Waals surface area contributed by atoms with Crippen molar-refractivity contribution >= 4 is 11.9 Å². The minimum atomic E-state index is -0.465. The van der Waals surface area contributed by atoms with Crippen LogP contribution in [0.4, 0.5) is 0 Å². The molecule has 0 bridgehead atoms. The zero-order valence-corrected chi connectivity index (χ0v) is 11.8. The summed E-state index contributed by atoms with van der Waals surface area (Å²) in [6, 6.07) is 3.29. The Balaban J connectivity index is 2.37. The summed E-state index contributed by atoms with van der Waals surface area (Å²) in [5.41, 5.74) is 0.147. The molecule has 6 nitrogen and oxygen atoms in total. The maximum atomic E-state index is 11.8. The number of aromatic nitrogens is 1. The van der Waals surface area contributed by atoms with Crippen molar-refractivity contribution in [3.05, 3.63) is 24.0 Å². The van der Waals surface area contributed by atoms with Crippen LogP contribution in [0.2, 0.25) is 0 Å². The Kier molecular flexibility index (Phi) is 7.10. The number of unbranched alkanes of at least 4 members (excludes halogenated alkanes) is 2. The lowest BCUT2D eigenvalue weighted by Crippen LogP contribution is -2.31. The van der Waals surface area contributed by atoms with Crippen molar-refractivity contribution in [3.63, 3.8) is 0 Å². The molecule has 1 rings (SSSR count). The van der Waals surface area contributed by atoms with Gasteiger partial charge in [0, 0.05) is 6.20 Å². The number of carbonyl (C=O) groups excluding carboxylic acids is 2. The van der Waals surface area contributed by atoms with Crippen LogP contribution in [0.25, 0.3) is 0 Å². The van der Waals surface area contributed by atoms with Crippen molar-refractivity contribution in [1.29, 1.82) is 0 Å². The molecule has 20 heavy (non-hydrogen) atoms. The molecule has 0 atom stereocenters. The fourth-order valence-electron chi connectivity index (χ4n) is 1.55. The lowest BCUT2D eigenvalue weighted by Gasteiger charge is -2.08. The first-order chi connectivity index (χ1) is 9.69. The smallest absolute Gasteiger partial charge is 0.325 e. The van der Waals surface area contributed by atoms with Gasteiger partial charge in [-0.15, -0.1) is 0 Å². The van der Waals surface area contributed by atoms with E-state index in [1.165, 1.54) is 13.3 Å². The molecule has 0 aliphatic carbocycles. The zero-order chi connectivity index (χ0) is 14.8. The van der Waals surface area contributed by atoms with Crippen LogP contribution in [0.3, 0.4) is 0 Å². The van der Waals surface area contributed by atoms with E-state index in [1.807, 2.05) is 0 Å². The van der Waals surface area contributed by atoms with Gasteiger partial charge in [0.2, 0.25) is 0 Å². The number of esters is 1. The monoisotopic (exact) mass is 280 g/mol. The van der Waals surface area contributed by atoms with Crippen molar-refractivity contribution in [1.82, 2.24) is 10.3 Å². The third-order valence-electron chi connectivity index (χ3n) is 2.61. The molecule has 0 aromatic carbocycles. The van der Waals surface area contributed by atoms with Gasteiger partial charge in [0.25, 0.3) is 5.91 Å². The van der Waals surface area contributed by atoms with Crippen LogP contribution >= 0.6 is 0 Å². The summed E-state index contributed by atoms with van der Waals surface area (Å²) in [4.78, 5) is 27.2. The molecular weight excluding hydrogens is 260 g/mol. The summed E-state index contributed by atoms with van der Waals surface area (Å²) >= 11 is 0. The second-order valence-electron chi connectivity index (χ2n) is 4.16. The molecule has 0 saturated carbocycles. The summed E-state index contributed by atoms with van der Waals surface area (Å²) < 4.78 is 10.0. The summed E-state index contributed by atoms with van der Waals surface area (Å²) in [7, 11) is 1.45. The van der Waals surface area contributed by atoms with Gasteiger partial charge in [0.05, 0.1) is 13.7 Å². The first-order valence-corrected chi connectivity index (χ1v) is 6.61. The third-order valence-corrected chi connectivity index (χ3v) is 2.61. The highest BCUT2D eigenvalue weighted by Crippen LogP contribution is 2.13. The number of amides is 1. The molecule has 1 heterocycles. The van der Waals surface area contributed by atoms with Gasteiger partial charge in [-0.1, -0.05) is 19.8 Å². The van der Waals surface area contributed by atoms with Crippen molar-refractivity contribution in [2.45, 2.75) is 26.2 Å². The Hall–Kier alpha value is -2.11. The normalized spacial score (nSPS) is 9.90. The molecule has 1 aromatic heterocycles. The minimum Gasteiger partial charge on any atom is -0.494 e. The number of ether oxygens (including phenoxy) is 2. The standard InChI is InChI=1S/C14H20N2O4/c1-3-4-5-9-20-12(17)10-16-14(18)13-11(19-2)7-6-8-15-13/h6-8H,3-5,9-10H2,1-2H3,(H,16,18). The number of nitrogens with one attached hydrogen (secondary N) is 1. The predicted molar refractivity (Wildman–Crippen MR) is 73.6 cm³/mol. The van der Waals surface area contributed by atoms with Gasteiger partial charge >= 0.3 is 5.97 Å². The quantitative estimate of drug-likeness (QED) is 0.577. The van der Waals surface area contributed by atoms with E-state index in [2.05, 4.69) is 17.2 Å². The summed E-state index contributed by atoms with van der Waals surface area (Å²) in [6.45, 7) is 2.28. The lowest BCUT2D eigenvalue weighted by molar-refractivity contribution is -0.142. The maximum Gasteiger partial charge on any atom is 0.325 e. The fraction of sp³-hybridized carbons (Fsp3) is 0.500. The fourth-order valence-corrected chi connectivity index (χ4v) is 1.55. The number of nitrogens with zero attached hydrogens (tertiary/aromatic N) is 1. The molecule has 0 fully saturated rings. The van der Waals surface area contributed by atoms with Gasteiger partial charge < -0.3 is 14.8 Å². The second kappa shape index (κ2) is 8.90. The van der Waals surface area contributed by atoms with Crippen molar-refractivity contribution in [2.24, 2.45) is 0 Å². The maximum absolute atomic E-state index is 11.8. The van der Waals surface area contributed by atoms with Crippen molar-refractivity contribution in [2.75, 3.05) is 20.3 Å². The second-order valence-corrected chi connectivity index (χ2v) is 4.16. The van der Waals surface area contributed by atoms with Gasteiger partial charge in [-0.05, 0) is 18.6 Å². The van der Waals surface area contributed by atoms with Crippen LogP contribution in [-0.2, 0) is 9.53 Å². The Morgan fingerprint density at radius 2 is 2.15 bits per heavy atom. The molecule has 0 unspecified atom stereocenters. The lowest BCUT2D eigenvalue weighted by atomic mass is 10.3. The topological polar surface area (TPSA) is 77.5 Å². The highest BCUT2D eigenvalue weighted by molar-refractivity contribution is 5.96. The molecule has 0 aliphatic heterocycles. The number of carbonyl (C=O) groups is 2. The van der Waals surface area contributed by atoms with Crippen LogP contribution in [0.1, 0.15) is 36.7 Å². The predicted octanol–water partition coefficient (Wildman–Crippen LogP) is 1.55. The molecule has 0 aliphatic rings. The summed E-state index contributed by atoms with van der Waals surface area (Å²) in [5, 5.41) is 2.46. The molecule has 1 aromatic rings. The number of pyridine rings is 1. The number of hydrogen-bond acceptors (Lipinski definition) is 5. The van der Waals surface area contributed by atoms with E-state index in [9.17, 15) is 9.59 Å². The van der Waals surface area contributed by atoms with E-state index >= 15 is 0 Å². The Labute approximate surface area is 118 Å². The molecule has 0 saturated heterocycles. The molecular formula is C14H20N2O4. The van der Waals surface area contributed by atoms with E-state index in [0.717, 1.165) is 19.3 Å². The first-order valence-electron chi connectivity index (χ1n) is 6.61. The van der Waals surface area contributed by atoms with Gasteiger partial charge in [0.1, 0.15) is 12.3 Å². The highest BCUT2D eigenvalue weighted by Gasteiger charge is 2.14. The Bertz CT molecular complexity index is 449. The van der Waals surface area contributed by atoms with Gasteiger partial charge in [0.15, 0.2) is 5.69 Å². The molecule has 0 radical (unpaired) electrons. The Morgan fingerprint density at radius 1 is 1.35 bits per heavy atom. The average Bonchev–Trinajstić information content (AvgIpc) is 2.49. The Morgan fingerprint density at radius 3 is 2.85 bits per heavy atom. The van der Waals surface area contributed by atoms with Gasteiger partial charge in [-0.3, -0.25) is 9.59 Å². The minimum absolute atomic E-state index is 0.147. The van der Waals surface area contributed by atoms with Gasteiger partial charge in [-0.25, -0.2) is 4.98 Å². The van der Waals surface area contributed by atoms with Crippen LogP contribution in [0.5, 0.6) is 5.75 Å². The van der Waals surface area contributed by atoms with E-state index in [0.29, 0.717) is 12.4 Å². The number of hydrogen-bond donors (Lipinski definition) is 1. The molecule has 1 N–H and O–H groups in total. The van der Waals surface area contributed by atoms with Gasteiger partial charge in [-0.2, -0.15) is 0 Å².